The molecule has 0 radical (unpaired) electrons. The van der Waals surface area contributed by atoms with E-state index in [2.05, 4.69) is 95.2 Å². The summed E-state index contributed by atoms with van der Waals surface area (Å²) in [5, 5.41) is 0. The van der Waals surface area contributed by atoms with Gasteiger partial charge in [-0.25, -0.2) is 0 Å². The molecule has 0 amide bonds. The predicted octanol–water partition coefficient (Wildman–Crippen LogP) is 9.34. The van der Waals surface area contributed by atoms with Gasteiger partial charge in [-0.2, -0.15) is 0 Å². The molecule has 0 aliphatic heterocycles. The summed E-state index contributed by atoms with van der Waals surface area (Å²) >= 11 is 0.569. The van der Waals surface area contributed by atoms with Crippen LogP contribution >= 0.6 is 36.2 Å². The summed E-state index contributed by atoms with van der Waals surface area (Å²) < 4.78 is 0. The van der Waals surface area contributed by atoms with Gasteiger partial charge in [0.05, 0.1) is 35.0 Å². The molecule has 168 valence electrons. The van der Waals surface area contributed by atoms with Gasteiger partial charge >= 0.3 is 33.0 Å². The average molecular weight is 504 g/mol. The molecule has 27 heavy (non-hydrogen) atoms. The molecule has 0 nitrogen and oxygen atoms in total. The Kier molecular flexibility index (Phi) is 25.3. The first-order valence-corrected chi connectivity index (χ1v) is 16.6. The molecule has 0 unspecified atom stereocenters. The van der Waals surface area contributed by atoms with E-state index in [4.69, 9.17) is 20.4 Å². The van der Waals surface area contributed by atoms with Crippen LogP contribution in [0.1, 0.15) is 83.1 Å². The molecule has 0 spiro atoms. The Morgan fingerprint density at radius 1 is 0.630 bits per heavy atom. The Morgan fingerprint density at radius 2 is 0.815 bits per heavy atom. The van der Waals surface area contributed by atoms with Crippen LogP contribution in [-0.2, 0) is 12.7 Å². The van der Waals surface area contributed by atoms with Crippen molar-refractivity contribution in [1.82, 2.24) is 0 Å². The van der Waals surface area contributed by atoms with Gasteiger partial charge in [0.1, 0.15) is 0 Å². The maximum absolute atomic E-state index is 4.70. The van der Waals surface area contributed by atoms with Crippen molar-refractivity contribution in [3.05, 3.63) is 23.3 Å². The Bertz CT molecular complexity index is 332. The molecule has 0 aromatic carbocycles. The second kappa shape index (κ2) is 20.7. The van der Waals surface area contributed by atoms with Crippen LogP contribution in [0.25, 0.3) is 0 Å². The van der Waals surface area contributed by atoms with E-state index in [0.29, 0.717) is 12.7 Å². The van der Waals surface area contributed by atoms with E-state index in [1.807, 2.05) is 0 Å². The number of halogens is 2. The normalized spacial score (nSPS) is 11.0. The second-order valence-electron chi connectivity index (χ2n) is 8.79. The molecule has 0 aromatic rings. The molecule has 0 bridgehead atoms. The fourth-order valence-electron chi connectivity index (χ4n) is 2.92. The molecular formula is C22H48Cl2NiP2+2. The van der Waals surface area contributed by atoms with Crippen LogP contribution in [0.5, 0.6) is 0 Å². The molecule has 5 heteroatoms. The first kappa shape index (κ1) is 33.1. The molecule has 0 rings (SSSR count). The van der Waals surface area contributed by atoms with Gasteiger partial charge in [-0.1, -0.05) is 11.1 Å². The summed E-state index contributed by atoms with van der Waals surface area (Å²) in [5.74, 6) is 0. The third-order valence-corrected chi connectivity index (χ3v) is 11.7. The van der Waals surface area contributed by atoms with Gasteiger partial charge in [0.15, 0.2) is 0 Å². The van der Waals surface area contributed by atoms with E-state index in [9.17, 15) is 0 Å². The average Bonchev–Trinajstić information content (AvgIpc) is 2.46. The van der Waals surface area contributed by atoms with Crippen molar-refractivity contribution >= 4 is 36.2 Å². The minimum absolute atomic E-state index is 0.150. The van der Waals surface area contributed by atoms with Crippen molar-refractivity contribution < 1.29 is 12.7 Å². The second-order valence-corrected chi connectivity index (χ2v) is 18.2. The monoisotopic (exact) mass is 502 g/mol. The summed E-state index contributed by atoms with van der Waals surface area (Å²) in [6.07, 6.45) is 7.52. The van der Waals surface area contributed by atoms with Crippen LogP contribution in [0, 0.1) is 0 Å². The quantitative estimate of drug-likeness (QED) is 0.176. The molecule has 0 saturated carbocycles. The molecule has 0 aliphatic carbocycles. The Balaban J connectivity index is -0.000000372. The van der Waals surface area contributed by atoms with Crippen molar-refractivity contribution in [2.75, 3.05) is 12.3 Å². The SMILES string of the molecule is CC(C)=CC[PH+](C(C)C)C(C)C.CC(C)=CC[PH+](C(C)C)C(C)C.[Cl][Ni][Cl]. The van der Waals surface area contributed by atoms with E-state index in [1.165, 1.54) is 23.5 Å². The topological polar surface area (TPSA) is 0 Å². The van der Waals surface area contributed by atoms with E-state index in [-0.39, 0.29) is 15.8 Å². The maximum atomic E-state index is 4.70. The molecular weight excluding hydrogens is 456 g/mol. The Labute approximate surface area is 189 Å². The summed E-state index contributed by atoms with van der Waals surface area (Å²) in [4.78, 5) is 0. The zero-order valence-corrected chi connectivity index (χ0v) is 24.4. The van der Waals surface area contributed by atoms with E-state index in [1.54, 1.807) is 0 Å². The van der Waals surface area contributed by atoms with Crippen molar-refractivity contribution in [3.63, 3.8) is 0 Å². The minimum atomic E-state index is -0.150. The van der Waals surface area contributed by atoms with Crippen molar-refractivity contribution in [2.45, 2.75) is 106 Å². The zero-order valence-electron chi connectivity index (χ0n) is 20.0. The third-order valence-electron chi connectivity index (χ3n) is 4.46. The number of allylic oxidation sites excluding steroid dienone is 4. The van der Waals surface area contributed by atoms with Crippen LogP contribution in [0.15, 0.2) is 23.3 Å². The Morgan fingerprint density at radius 3 is 0.926 bits per heavy atom. The molecule has 0 saturated heterocycles. The third kappa shape index (κ3) is 23.6. The fraction of sp³-hybridized carbons (Fsp3) is 0.818. The molecule has 0 N–H and O–H groups in total. The first-order chi connectivity index (χ1) is 12.3. The summed E-state index contributed by atoms with van der Waals surface area (Å²) in [6.45, 7) is 27.7. The van der Waals surface area contributed by atoms with Crippen LogP contribution in [0.3, 0.4) is 0 Å². The van der Waals surface area contributed by atoms with Crippen molar-refractivity contribution in [3.8, 4) is 0 Å². The van der Waals surface area contributed by atoms with Crippen LogP contribution in [-0.4, -0.2) is 35.0 Å². The van der Waals surface area contributed by atoms with Crippen LogP contribution in [0.2, 0.25) is 0 Å². The van der Waals surface area contributed by atoms with Gasteiger partial charge in [-0.15, -0.1) is 0 Å². The fourth-order valence-corrected chi connectivity index (χ4v) is 8.76. The van der Waals surface area contributed by atoms with Gasteiger partial charge in [0.25, 0.3) is 0 Å². The summed E-state index contributed by atoms with van der Waals surface area (Å²) in [7, 11) is 9.10. The van der Waals surface area contributed by atoms with Gasteiger partial charge in [-0.3, -0.25) is 0 Å². The Hall–Kier alpha value is 1.41. The van der Waals surface area contributed by atoms with E-state index < -0.39 is 0 Å². The summed E-state index contributed by atoms with van der Waals surface area (Å²) in [5.41, 5.74) is 6.57. The van der Waals surface area contributed by atoms with Crippen LogP contribution in [0.4, 0.5) is 0 Å². The number of hydrogen-bond donors (Lipinski definition) is 0. The van der Waals surface area contributed by atoms with Gasteiger partial charge < -0.3 is 0 Å². The molecule has 0 fully saturated rings. The number of hydrogen-bond acceptors (Lipinski definition) is 0. The molecule has 0 atom stereocenters. The van der Waals surface area contributed by atoms with Crippen molar-refractivity contribution in [2.24, 2.45) is 0 Å². The predicted molar refractivity (Wildman–Crippen MR) is 137 cm³/mol. The van der Waals surface area contributed by atoms with Gasteiger partial charge in [-0.05, 0) is 95.2 Å². The zero-order chi connectivity index (χ0) is 22.2. The van der Waals surface area contributed by atoms with Gasteiger partial charge in [0, 0.05) is 15.8 Å². The van der Waals surface area contributed by atoms with Crippen LogP contribution < -0.4 is 0 Å². The standard InChI is InChI=1S/2C11H23P.2ClH.Ni/c2*1-9(2)7-8-12(10(3)4)11(5)6;;;/h2*7,10-11H,8H2,1-6H3;2*1H;/q;;;;+2. The number of rotatable bonds is 8. The summed E-state index contributed by atoms with van der Waals surface area (Å²) in [6, 6.07) is 0. The molecule has 0 aromatic heterocycles. The van der Waals surface area contributed by atoms with Crippen molar-refractivity contribution in [1.29, 1.82) is 0 Å². The van der Waals surface area contributed by atoms with Gasteiger partial charge in [0.2, 0.25) is 0 Å². The van der Waals surface area contributed by atoms with E-state index >= 15 is 0 Å². The molecule has 0 heterocycles. The van der Waals surface area contributed by atoms with E-state index in [0.717, 1.165) is 22.6 Å². The first-order valence-electron chi connectivity index (χ1n) is 10.1. The molecule has 0 aliphatic rings.